The topological polar surface area (TPSA) is 16.4 Å². The highest BCUT2D eigenvalue weighted by Crippen LogP contribution is 2.52. The van der Waals surface area contributed by atoms with E-state index in [1.54, 1.807) is 0 Å². The average molecular weight is 810 g/mol. The molecule has 298 valence electrons. The molecule has 0 N–H and O–H groups in total. The lowest BCUT2D eigenvalue weighted by molar-refractivity contribution is 0.662. The lowest BCUT2D eigenvalue weighted by atomic mass is 9.79. The molecule has 10 aromatic carbocycles. The Morgan fingerprint density at radius 1 is 0.413 bits per heavy atom. The molecular formula is C61H43NO. The van der Waals surface area contributed by atoms with E-state index in [2.05, 4.69) is 105 Å². The molecule has 1 aromatic heterocycles. The average Bonchev–Trinajstić information content (AvgIpc) is 3.88. The lowest BCUT2D eigenvalue weighted by Gasteiger charge is -2.29. The van der Waals surface area contributed by atoms with Gasteiger partial charge in [0.2, 0.25) is 0 Å². The molecule has 11 aromatic rings. The van der Waals surface area contributed by atoms with Crippen molar-refractivity contribution in [2.24, 2.45) is 0 Å². The van der Waals surface area contributed by atoms with Crippen molar-refractivity contribution in [3.8, 4) is 55.6 Å². The maximum absolute atomic E-state index is 9.82. The van der Waals surface area contributed by atoms with E-state index in [1.807, 2.05) is 114 Å². The van der Waals surface area contributed by atoms with Gasteiger partial charge in [-0.05, 0) is 109 Å². The fourth-order valence-electron chi connectivity index (χ4n) is 9.96. The number of benzene rings is 10. The maximum atomic E-state index is 9.82. The third-order valence-corrected chi connectivity index (χ3v) is 13.0. The summed E-state index contributed by atoms with van der Waals surface area (Å²) in [7, 11) is 0. The largest absolute Gasteiger partial charge is 0.455 e. The molecule has 0 atom stereocenters. The van der Waals surface area contributed by atoms with Crippen LogP contribution in [0.25, 0.3) is 88.3 Å². The summed E-state index contributed by atoms with van der Waals surface area (Å²) in [4.78, 5) is 1.91. The number of fused-ring (bicyclic) bond motifs is 8. The van der Waals surface area contributed by atoms with Crippen LogP contribution in [-0.4, -0.2) is 0 Å². The second kappa shape index (κ2) is 14.6. The van der Waals surface area contributed by atoms with Crippen LogP contribution in [-0.2, 0) is 5.41 Å². The zero-order chi connectivity index (χ0) is 45.6. The van der Waals surface area contributed by atoms with Crippen molar-refractivity contribution in [3.05, 3.63) is 235 Å². The van der Waals surface area contributed by atoms with Crippen LogP contribution < -0.4 is 4.90 Å². The SMILES string of the molecule is [2H]c1c([2H])c(N(c2ccc(-c3cccc4c3C(C)(C)c3ccccc3-4)cc2)c2ccccc2-c2cccc3oc4c5ccccc5ccc4c23)c([2H])c([2H])c1-c1ccc(-c2ccccc2)cc1. The zero-order valence-corrected chi connectivity index (χ0v) is 34.9. The number of rotatable bonds is 7. The minimum Gasteiger partial charge on any atom is -0.455 e. The van der Waals surface area contributed by atoms with Gasteiger partial charge in [0, 0.05) is 38.5 Å². The minimum atomic E-state index is -0.213. The van der Waals surface area contributed by atoms with Crippen LogP contribution in [0.15, 0.2) is 229 Å². The highest BCUT2D eigenvalue weighted by atomic mass is 16.3. The van der Waals surface area contributed by atoms with Crippen LogP contribution in [0.3, 0.4) is 0 Å². The molecule has 2 nitrogen and oxygen atoms in total. The van der Waals surface area contributed by atoms with Gasteiger partial charge in [-0.1, -0.05) is 196 Å². The molecule has 0 amide bonds. The number of hydrogen-bond acceptors (Lipinski definition) is 2. The Morgan fingerprint density at radius 3 is 1.83 bits per heavy atom. The van der Waals surface area contributed by atoms with Crippen LogP contribution in [0.4, 0.5) is 17.1 Å². The summed E-state index contributed by atoms with van der Waals surface area (Å²) >= 11 is 0. The van der Waals surface area contributed by atoms with Crippen LogP contribution >= 0.6 is 0 Å². The van der Waals surface area contributed by atoms with Gasteiger partial charge in [0.05, 0.1) is 11.2 Å². The second-order valence-corrected chi connectivity index (χ2v) is 16.9. The third kappa shape index (κ3) is 6.02. The minimum absolute atomic E-state index is 0.112. The Kier molecular flexibility index (Phi) is 7.60. The van der Waals surface area contributed by atoms with Crippen molar-refractivity contribution in [3.63, 3.8) is 0 Å². The first-order valence-corrected chi connectivity index (χ1v) is 21.5. The molecule has 63 heavy (non-hydrogen) atoms. The van der Waals surface area contributed by atoms with Gasteiger partial charge in [0.15, 0.2) is 0 Å². The standard InChI is InChI=1S/C61H43NO/c1-61(2)55-23-10-8-18-50(55)53-22-12-20-48(59(53)61)45-32-37-47(38-33-45)62(46-35-30-43(31-36-46)42-28-26-41(27-29-42)40-14-4-3-5-15-40)56-24-11-9-19-51(56)52-21-13-25-57-58(52)54-39-34-44-16-6-7-17-49(44)60(54)63-57/h3-39H,1-2H3/i30D,31D,35D,36D. The number of furan rings is 1. The van der Waals surface area contributed by atoms with Gasteiger partial charge in [0.25, 0.3) is 0 Å². The molecule has 1 aliphatic rings. The molecule has 1 heterocycles. The van der Waals surface area contributed by atoms with E-state index < -0.39 is 0 Å². The molecular weight excluding hydrogens is 763 g/mol. The molecule has 0 fully saturated rings. The molecule has 12 rings (SSSR count). The Balaban J connectivity index is 1.06. The second-order valence-electron chi connectivity index (χ2n) is 16.9. The van der Waals surface area contributed by atoms with Gasteiger partial charge in [-0.2, -0.15) is 0 Å². The van der Waals surface area contributed by atoms with E-state index in [0.717, 1.165) is 66.1 Å². The first-order chi connectivity index (χ1) is 32.7. The predicted molar refractivity (Wildman–Crippen MR) is 265 cm³/mol. The molecule has 0 aliphatic heterocycles. The van der Waals surface area contributed by atoms with Crippen molar-refractivity contribution < 1.29 is 9.90 Å². The first-order valence-electron chi connectivity index (χ1n) is 23.5. The maximum Gasteiger partial charge on any atom is 0.143 e. The van der Waals surface area contributed by atoms with Crippen molar-refractivity contribution in [1.82, 2.24) is 0 Å². The Labute approximate surface area is 373 Å². The molecule has 1 aliphatic carbocycles. The Hall–Kier alpha value is -7.94. The van der Waals surface area contributed by atoms with Crippen molar-refractivity contribution in [1.29, 1.82) is 0 Å². The smallest absolute Gasteiger partial charge is 0.143 e. The summed E-state index contributed by atoms with van der Waals surface area (Å²) in [6.07, 6.45) is 0. The first kappa shape index (κ1) is 32.8. The van der Waals surface area contributed by atoms with E-state index in [0.29, 0.717) is 16.9 Å². The number of anilines is 3. The van der Waals surface area contributed by atoms with Gasteiger partial charge in [-0.15, -0.1) is 0 Å². The van der Waals surface area contributed by atoms with Crippen LogP contribution in [0.2, 0.25) is 0 Å². The number of hydrogen-bond donors (Lipinski definition) is 0. The van der Waals surface area contributed by atoms with Crippen LogP contribution in [0.5, 0.6) is 0 Å². The van der Waals surface area contributed by atoms with E-state index >= 15 is 0 Å². The molecule has 0 saturated heterocycles. The summed E-state index contributed by atoms with van der Waals surface area (Å²) in [5.74, 6) is 0. The highest BCUT2D eigenvalue weighted by Gasteiger charge is 2.37. The molecule has 0 bridgehead atoms. The van der Waals surface area contributed by atoms with Crippen LogP contribution in [0, 0.1) is 0 Å². The zero-order valence-electron chi connectivity index (χ0n) is 38.9. The lowest BCUT2D eigenvalue weighted by Crippen LogP contribution is -2.16. The van der Waals surface area contributed by atoms with Crippen molar-refractivity contribution >= 4 is 49.8 Å². The fraction of sp³-hybridized carbons (Fsp3) is 0.0492. The normalized spacial score (nSPS) is 13.6. The summed E-state index contributed by atoms with van der Waals surface area (Å²) in [5, 5.41) is 4.08. The molecule has 2 heteroatoms. The van der Waals surface area contributed by atoms with Crippen molar-refractivity contribution in [2.45, 2.75) is 19.3 Å². The molecule has 0 saturated carbocycles. The van der Waals surface area contributed by atoms with Crippen molar-refractivity contribution in [2.75, 3.05) is 4.90 Å². The Bertz CT molecular complexity index is 3730. The molecule has 0 spiro atoms. The Morgan fingerprint density at radius 2 is 1.02 bits per heavy atom. The summed E-state index contributed by atoms with van der Waals surface area (Å²) in [6.45, 7) is 4.59. The fourth-order valence-corrected chi connectivity index (χ4v) is 9.96. The number of nitrogens with zero attached hydrogens (tertiary/aromatic N) is 1. The van der Waals surface area contributed by atoms with Gasteiger partial charge < -0.3 is 9.32 Å². The molecule has 0 radical (unpaired) electrons. The monoisotopic (exact) mass is 809 g/mol. The quantitative estimate of drug-likeness (QED) is 0.159. The van der Waals surface area contributed by atoms with Gasteiger partial charge in [-0.25, -0.2) is 0 Å². The molecule has 0 unspecified atom stereocenters. The van der Waals surface area contributed by atoms with E-state index in [-0.39, 0.29) is 40.8 Å². The number of para-hydroxylation sites is 1. The summed E-state index contributed by atoms with van der Waals surface area (Å²) in [6, 6.07) is 67.5. The summed E-state index contributed by atoms with van der Waals surface area (Å²) in [5.41, 5.74) is 14.9. The van der Waals surface area contributed by atoms with E-state index in [9.17, 15) is 5.48 Å². The highest BCUT2D eigenvalue weighted by molar-refractivity contribution is 6.19. The third-order valence-electron chi connectivity index (χ3n) is 13.0. The van der Waals surface area contributed by atoms with Crippen LogP contribution in [0.1, 0.15) is 30.5 Å². The van der Waals surface area contributed by atoms with Gasteiger partial charge in [-0.3, -0.25) is 0 Å². The van der Waals surface area contributed by atoms with Gasteiger partial charge >= 0.3 is 0 Å². The van der Waals surface area contributed by atoms with Gasteiger partial charge in [0.1, 0.15) is 11.2 Å². The summed E-state index contributed by atoms with van der Waals surface area (Å²) < 4.78 is 45.5. The van der Waals surface area contributed by atoms with E-state index in [4.69, 9.17) is 4.42 Å². The predicted octanol–water partition coefficient (Wildman–Crippen LogP) is 17.2. The van der Waals surface area contributed by atoms with E-state index in [1.165, 1.54) is 22.3 Å².